The van der Waals surface area contributed by atoms with Gasteiger partial charge in [0.15, 0.2) is 0 Å². The van der Waals surface area contributed by atoms with Gasteiger partial charge in [0.05, 0.1) is 5.92 Å². The Bertz CT molecular complexity index is 531. The summed E-state index contributed by atoms with van der Waals surface area (Å²) < 4.78 is 14.8. The molecule has 3 N–H and O–H groups in total. The number of carbonyl (C=O) groups excluding carboxylic acids is 2. The number of hydrogen-bond donors (Lipinski definition) is 2. The van der Waals surface area contributed by atoms with Crippen molar-refractivity contribution in [3.8, 4) is 0 Å². The zero-order valence-electron chi connectivity index (χ0n) is 13.4. The summed E-state index contributed by atoms with van der Waals surface area (Å²) in [6, 6.07) is 0. The maximum atomic E-state index is 12.2. The van der Waals surface area contributed by atoms with Gasteiger partial charge in [-0.3, -0.25) is 4.79 Å². The van der Waals surface area contributed by atoms with Crippen LogP contribution >= 0.6 is 0 Å². The third kappa shape index (κ3) is 3.19. The second-order valence-corrected chi connectivity index (χ2v) is 6.95. The van der Waals surface area contributed by atoms with Crippen LogP contribution in [0.4, 0.5) is 4.79 Å². The number of fused-ring (bicyclic) bond motifs is 1. The minimum atomic E-state index is -1.30. The second kappa shape index (κ2) is 6.58. The molecule has 24 heavy (non-hydrogen) atoms. The first-order chi connectivity index (χ1) is 11.4. The summed E-state index contributed by atoms with van der Waals surface area (Å²) in [6.45, 7) is -0.571. The number of nitrogens with two attached hydrogens (primary N) is 1. The van der Waals surface area contributed by atoms with Gasteiger partial charge in [0.25, 0.3) is 0 Å². The molecule has 8 heteroatoms. The van der Waals surface area contributed by atoms with Crippen LogP contribution in [0.15, 0.2) is 0 Å². The molecule has 3 aliphatic rings. The van der Waals surface area contributed by atoms with Crippen LogP contribution in [0.2, 0.25) is 0 Å². The Labute approximate surface area is 139 Å². The minimum absolute atomic E-state index is 0.0581. The fraction of sp³-hybridized carbons (Fsp3) is 0.812. The van der Waals surface area contributed by atoms with Gasteiger partial charge in [0.1, 0.15) is 11.6 Å². The largest absolute Gasteiger partial charge is 0.511 e. The highest BCUT2D eigenvalue weighted by molar-refractivity contribution is 5.86. The van der Waals surface area contributed by atoms with Gasteiger partial charge in [-0.05, 0) is 44.4 Å². The van der Waals surface area contributed by atoms with E-state index in [0.717, 1.165) is 32.1 Å². The summed E-state index contributed by atoms with van der Waals surface area (Å²) in [4.78, 5) is 34.8. The van der Waals surface area contributed by atoms with Crippen molar-refractivity contribution in [1.82, 2.24) is 0 Å². The van der Waals surface area contributed by atoms with E-state index in [4.69, 9.17) is 25.1 Å². The van der Waals surface area contributed by atoms with E-state index >= 15 is 0 Å². The summed E-state index contributed by atoms with van der Waals surface area (Å²) in [7, 11) is 0. The van der Waals surface area contributed by atoms with Gasteiger partial charge in [0, 0.05) is 5.92 Å². The highest BCUT2D eigenvalue weighted by Gasteiger charge is 2.70. The quantitative estimate of drug-likeness (QED) is 0.568. The van der Waals surface area contributed by atoms with Crippen LogP contribution in [0.25, 0.3) is 0 Å². The molecule has 0 bridgehead atoms. The van der Waals surface area contributed by atoms with E-state index in [9.17, 15) is 14.4 Å². The summed E-state index contributed by atoms with van der Waals surface area (Å²) in [6.07, 6.45) is 4.81. The first kappa shape index (κ1) is 17.0. The van der Waals surface area contributed by atoms with Crippen LogP contribution in [0, 0.1) is 17.8 Å². The fourth-order valence-corrected chi connectivity index (χ4v) is 4.20. The van der Waals surface area contributed by atoms with Gasteiger partial charge in [-0.1, -0.05) is 6.42 Å². The van der Waals surface area contributed by atoms with Crippen molar-refractivity contribution in [3.05, 3.63) is 0 Å². The first-order valence-corrected chi connectivity index (χ1v) is 8.46. The summed E-state index contributed by atoms with van der Waals surface area (Å²) in [5, 5.41) is 9.08. The third-order valence-electron chi connectivity index (χ3n) is 5.50. The van der Waals surface area contributed by atoms with Crippen molar-refractivity contribution in [2.75, 3.05) is 6.79 Å². The van der Waals surface area contributed by atoms with E-state index < -0.39 is 42.3 Å². The van der Waals surface area contributed by atoms with E-state index in [1.54, 1.807) is 0 Å². The van der Waals surface area contributed by atoms with Gasteiger partial charge in [-0.25, -0.2) is 9.59 Å². The fourth-order valence-electron chi connectivity index (χ4n) is 4.20. The van der Waals surface area contributed by atoms with Crippen LogP contribution in [0.5, 0.6) is 0 Å². The Morgan fingerprint density at radius 3 is 2.42 bits per heavy atom. The molecule has 0 saturated heterocycles. The number of aliphatic carboxylic acids is 1. The molecule has 0 amide bonds. The van der Waals surface area contributed by atoms with Crippen LogP contribution < -0.4 is 5.73 Å². The van der Waals surface area contributed by atoms with Gasteiger partial charge < -0.3 is 25.1 Å². The van der Waals surface area contributed by atoms with Crippen molar-refractivity contribution in [2.24, 2.45) is 23.5 Å². The molecule has 134 valence electrons. The highest BCUT2D eigenvalue weighted by Crippen LogP contribution is 2.61. The Balaban J connectivity index is 1.41. The summed E-state index contributed by atoms with van der Waals surface area (Å²) in [5.74, 6) is -2.67. The van der Waals surface area contributed by atoms with Gasteiger partial charge in [0.2, 0.25) is 6.79 Å². The predicted molar refractivity (Wildman–Crippen MR) is 79.7 cm³/mol. The molecule has 0 aliphatic heterocycles. The van der Waals surface area contributed by atoms with Crippen molar-refractivity contribution in [1.29, 1.82) is 0 Å². The maximum absolute atomic E-state index is 12.2. The molecule has 0 radical (unpaired) electrons. The number of carboxylic acid groups (broad SMARTS) is 1. The van der Waals surface area contributed by atoms with Gasteiger partial charge >= 0.3 is 18.1 Å². The Morgan fingerprint density at radius 2 is 1.79 bits per heavy atom. The van der Waals surface area contributed by atoms with Crippen molar-refractivity contribution in [3.63, 3.8) is 0 Å². The predicted octanol–water partition coefficient (Wildman–Crippen LogP) is 1.41. The minimum Gasteiger partial charge on any atom is -0.481 e. The zero-order chi connectivity index (χ0) is 17.3. The molecular formula is C16H23NO7. The Kier molecular flexibility index (Phi) is 4.67. The lowest BCUT2D eigenvalue weighted by Crippen LogP contribution is -2.50. The van der Waals surface area contributed by atoms with Crippen LogP contribution in [0.3, 0.4) is 0 Å². The molecule has 0 unspecified atom stereocenters. The average molecular weight is 341 g/mol. The number of carboxylic acids is 1. The normalized spacial score (nSPS) is 35.0. The van der Waals surface area contributed by atoms with E-state index in [2.05, 4.69) is 0 Å². The molecule has 0 aromatic carbocycles. The topological polar surface area (TPSA) is 125 Å². The summed E-state index contributed by atoms with van der Waals surface area (Å²) in [5.41, 5.74) is 4.77. The number of carbonyl (C=O) groups is 3. The van der Waals surface area contributed by atoms with E-state index in [1.165, 1.54) is 0 Å². The molecule has 0 aromatic heterocycles. The van der Waals surface area contributed by atoms with Crippen LogP contribution in [0.1, 0.15) is 44.9 Å². The monoisotopic (exact) mass is 341 g/mol. The molecule has 0 spiro atoms. The molecule has 0 heterocycles. The van der Waals surface area contributed by atoms with E-state index in [-0.39, 0.29) is 12.0 Å². The molecule has 3 rings (SSSR count). The van der Waals surface area contributed by atoms with Gasteiger partial charge in [-0.15, -0.1) is 0 Å². The lowest BCUT2D eigenvalue weighted by Gasteiger charge is -2.24. The zero-order valence-corrected chi connectivity index (χ0v) is 13.4. The van der Waals surface area contributed by atoms with Crippen molar-refractivity contribution < 1.29 is 33.7 Å². The molecule has 4 atom stereocenters. The van der Waals surface area contributed by atoms with E-state index in [1.807, 2.05) is 0 Å². The Hall–Kier alpha value is -1.83. The molecule has 3 saturated carbocycles. The average Bonchev–Trinajstić information content (AvgIpc) is 3.20. The van der Waals surface area contributed by atoms with Crippen molar-refractivity contribution in [2.45, 2.75) is 56.6 Å². The van der Waals surface area contributed by atoms with E-state index in [0.29, 0.717) is 12.8 Å². The van der Waals surface area contributed by atoms with Crippen molar-refractivity contribution >= 4 is 18.1 Å². The van der Waals surface area contributed by atoms with Crippen LogP contribution in [-0.2, 0) is 23.8 Å². The highest BCUT2D eigenvalue weighted by atomic mass is 16.8. The SMILES string of the molecule is N[C@@]1(C(=O)OCOC(=O)OC2CCCCC2)CC[C@H]2[C@H](C(=O)O)[C@H]21. The third-order valence-corrected chi connectivity index (χ3v) is 5.50. The molecule has 0 aromatic rings. The lowest BCUT2D eigenvalue weighted by atomic mass is 9.92. The van der Waals surface area contributed by atoms with Crippen LogP contribution in [-0.4, -0.2) is 41.6 Å². The summed E-state index contributed by atoms with van der Waals surface area (Å²) >= 11 is 0. The molecular weight excluding hydrogens is 318 g/mol. The lowest BCUT2D eigenvalue weighted by molar-refractivity contribution is -0.161. The number of esters is 1. The molecule has 3 fully saturated rings. The standard InChI is InChI=1S/C16H23NO7/c17-16(7-6-10-11(12(10)16)13(18)19)14(20)22-8-23-15(21)24-9-4-2-1-3-5-9/h9-12H,1-8,17H2,(H,18,19)/t10-,11-,12-,16-/m0/s1. The molecule has 8 nitrogen and oxygen atoms in total. The number of hydrogen-bond acceptors (Lipinski definition) is 7. The number of rotatable bonds is 5. The smallest absolute Gasteiger partial charge is 0.481 e. The van der Waals surface area contributed by atoms with Gasteiger partial charge in [-0.2, -0.15) is 0 Å². The molecule has 3 aliphatic carbocycles. The maximum Gasteiger partial charge on any atom is 0.511 e. The Morgan fingerprint density at radius 1 is 1.08 bits per heavy atom. The number of ether oxygens (including phenoxy) is 3. The second-order valence-electron chi connectivity index (χ2n) is 6.95. The first-order valence-electron chi connectivity index (χ1n) is 8.46.